The minimum absolute atomic E-state index is 0. The Bertz CT molecular complexity index is 618. The molecule has 138 valence electrons. The van der Waals surface area contributed by atoms with Crippen LogP contribution in [0.5, 0.6) is 5.75 Å². The Hall–Kier alpha value is -1.79. The molecular formula is C18H26ClN3O3. The highest BCUT2D eigenvalue weighted by molar-refractivity contribution is 5.95. The summed E-state index contributed by atoms with van der Waals surface area (Å²) in [6.07, 6.45) is 3.74. The highest BCUT2D eigenvalue weighted by Crippen LogP contribution is 2.38. The average molecular weight is 368 g/mol. The number of carbonyl (C=O) groups excluding carboxylic acids is 2. The van der Waals surface area contributed by atoms with E-state index in [0.717, 1.165) is 31.5 Å². The van der Waals surface area contributed by atoms with E-state index in [1.54, 1.807) is 17.0 Å². The Labute approximate surface area is 154 Å². The number of ether oxygens (including phenoxy) is 1. The van der Waals surface area contributed by atoms with Gasteiger partial charge in [-0.1, -0.05) is 0 Å². The number of rotatable bonds is 7. The van der Waals surface area contributed by atoms with Gasteiger partial charge in [-0.2, -0.15) is 0 Å². The van der Waals surface area contributed by atoms with Crippen LogP contribution in [0.25, 0.3) is 0 Å². The van der Waals surface area contributed by atoms with Crippen LogP contribution in [0.1, 0.15) is 32.6 Å². The second-order valence-corrected chi connectivity index (χ2v) is 6.88. The smallest absolute Gasteiger partial charge is 0.258 e. The first-order valence-corrected chi connectivity index (χ1v) is 8.56. The number of anilines is 1. The lowest BCUT2D eigenvalue weighted by Gasteiger charge is -2.29. The number of benzene rings is 1. The molecule has 0 spiro atoms. The summed E-state index contributed by atoms with van der Waals surface area (Å²) in [5, 5.41) is 3.00. The summed E-state index contributed by atoms with van der Waals surface area (Å²) in [5.41, 5.74) is 6.34. The maximum atomic E-state index is 12.1. The minimum atomic E-state index is -0.333. The monoisotopic (exact) mass is 367 g/mol. The fourth-order valence-electron chi connectivity index (χ4n) is 3.19. The lowest BCUT2D eigenvalue weighted by atomic mass is 9.96. The van der Waals surface area contributed by atoms with Gasteiger partial charge in [0, 0.05) is 25.2 Å². The molecule has 2 aliphatic rings. The van der Waals surface area contributed by atoms with Crippen LogP contribution < -0.4 is 20.7 Å². The zero-order valence-electron chi connectivity index (χ0n) is 14.5. The molecule has 0 radical (unpaired) electrons. The van der Waals surface area contributed by atoms with Crippen LogP contribution in [0.3, 0.4) is 0 Å². The third-order valence-corrected chi connectivity index (χ3v) is 4.92. The molecule has 0 bridgehead atoms. The Morgan fingerprint density at radius 2 is 2.04 bits per heavy atom. The molecule has 1 aliphatic carbocycles. The van der Waals surface area contributed by atoms with Gasteiger partial charge < -0.3 is 20.7 Å². The lowest BCUT2D eigenvalue weighted by molar-refractivity contribution is -0.125. The molecule has 25 heavy (non-hydrogen) atoms. The van der Waals surface area contributed by atoms with Crippen molar-refractivity contribution in [2.24, 2.45) is 11.7 Å². The maximum absolute atomic E-state index is 12.1. The molecule has 1 saturated heterocycles. The first-order valence-electron chi connectivity index (χ1n) is 8.56. The molecule has 0 aromatic heterocycles. The standard InChI is InChI=1S/C18H25N3O3.ClH/c1-18(12-19,13-4-5-13)20-16(22)11-24-15-8-6-14(7-9-15)21-10-2-3-17(21)23;/h6-9,13H,2-5,10-12,19H2,1H3,(H,20,22);1H. The van der Waals surface area contributed by atoms with E-state index >= 15 is 0 Å². The summed E-state index contributed by atoms with van der Waals surface area (Å²) in [4.78, 5) is 25.6. The quantitative estimate of drug-likeness (QED) is 0.770. The molecule has 7 heteroatoms. The predicted octanol–water partition coefficient (Wildman–Crippen LogP) is 1.86. The maximum Gasteiger partial charge on any atom is 0.258 e. The van der Waals surface area contributed by atoms with Gasteiger partial charge in [-0.05, 0) is 56.4 Å². The third kappa shape index (κ3) is 4.64. The molecule has 6 nitrogen and oxygen atoms in total. The van der Waals surface area contributed by atoms with Crippen LogP contribution >= 0.6 is 12.4 Å². The summed E-state index contributed by atoms with van der Waals surface area (Å²) in [7, 11) is 0. The highest BCUT2D eigenvalue weighted by atomic mass is 35.5. The summed E-state index contributed by atoms with van der Waals surface area (Å²) in [5.74, 6) is 1.09. The van der Waals surface area contributed by atoms with Crippen molar-refractivity contribution < 1.29 is 14.3 Å². The fourth-order valence-corrected chi connectivity index (χ4v) is 3.19. The first kappa shape index (κ1) is 19.5. The summed E-state index contributed by atoms with van der Waals surface area (Å²) >= 11 is 0. The first-order chi connectivity index (χ1) is 11.5. The molecule has 1 aromatic rings. The van der Waals surface area contributed by atoms with Gasteiger partial charge in [-0.25, -0.2) is 0 Å². The van der Waals surface area contributed by atoms with E-state index in [4.69, 9.17) is 10.5 Å². The van der Waals surface area contributed by atoms with Crippen LogP contribution in [-0.4, -0.2) is 37.0 Å². The number of halogens is 1. The van der Waals surface area contributed by atoms with E-state index < -0.39 is 0 Å². The van der Waals surface area contributed by atoms with Crippen LogP contribution in [0.15, 0.2) is 24.3 Å². The van der Waals surface area contributed by atoms with Crippen molar-refractivity contribution in [1.29, 1.82) is 0 Å². The van der Waals surface area contributed by atoms with E-state index in [1.165, 1.54) is 0 Å². The number of nitrogens with two attached hydrogens (primary N) is 1. The third-order valence-electron chi connectivity index (χ3n) is 4.92. The van der Waals surface area contributed by atoms with Crippen molar-refractivity contribution in [2.45, 2.75) is 38.1 Å². The van der Waals surface area contributed by atoms with E-state index in [0.29, 0.717) is 24.6 Å². The van der Waals surface area contributed by atoms with Crippen molar-refractivity contribution in [3.63, 3.8) is 0 Å². The van der Waals surface area contributed by atoms with E-state index in [1.807, 2.05) is 19.1 Å². The Balaban J connectivity index is 0.00000225. The van der Waals surface area contributed by atoms with Crippen LogP contribution in [0, 0.1) is 5.92 Å². The molecule has 1 heterocycles. The summed E-state index contributed by atoms with van der Waals surface area (Å²) in [6, 6.07) is 7.28. The zero-order valence-corrected chi connectivity index (χ0v) is 15.3. The van der Waals surface area contributed by atoms with Gasteiger partial charge >= 0.3 is 0 Å². The molecule has 1 aliphatic heterocycles. The van der Waals surface area contributed by atoms with Crippen molar-refractivity contribution in [1.82, 2.24) is 5.32 Å². The summed E-state index contributed by atoms with van der Waals surface area (Å²) < 4.78 is 5.55. The van der Waals surface area contributed by atoms with Crippen LogP contribution in [-0.2, 0) is 9.59 Å². The zero-order chi connectivity index (χ0) is 17.2. The average Bonchev–Trinajstić information content (AvgIpc) is 3.36. The predicted molar refractivity (Wildman–Crippen MR) is 99.1 cm³/mol. The van der Waals surface area contributed by atoms with Gasteiger partial charge in [-0.3, -0.25) is 9.59 Å². The Morgan fingerprint density at radius 3 is 2.56 bits per heavy atom. The van der Waals surface area contributed by atoms with Gasteiger partial charge in [0.2, 0.25) is 5.91 Å². The second-order valence-electron chi connectivity index (χ2n) is 6.88. The minimum Gasteiger partial charge on any atom is -0.484 e. The lowest BCUT2D eigenvalue weighted by Crippen LogP contribution is -2.54. The van der Waals surface area contributed by atoms with Gasteiger partial charge in [-0.15, -0.1) is 12.4 Å². The molecule has 1 saturated carbocycles. The number of nitrogens with zero attached hydrogens (tertiary/aromatic N) is 1. The molecule has 1 aromatic carbocycles. The molecular weight excluding hydrogens is 342 g/mol. The highest BCUT2D eigenvalue weighted by Gasteiger charge is 2.41. The van der Waals surface area contributed by atoms with E-state index in [2.05, 4.69) is 5.32 Å². The number of amides is 2. The largest absolute Gasteiger partial charge is 0.484 e. The molecule has 1 unspecified atom stereocenters. The number of hydrogen-bond acceptors (Lipinski definition) is 4. The Morgan fingerprint density at radius 1 is 1.36 bits per heavy atom. The van der Waals surface area contributed by atoms with Gasteiger partial charge in [0.15, 0.2) is 6.61 Å². The van der Waals surface area contributed by atoms with Crippen LogP contribution in [0.2, 0.25) is 0 Å². The van der Waals surface area contributed by atoms with Crippen LogP contribution in [0.4, 0.5) is 5.69 Å². The number of carbonyl (C=O) groups is 2. The number of hydrogen-bond donors (Lipinski definition) is 2. The fraction of sp³-hybridized carbons (Fsp3) is 0.556. The molecule has 2 fully saturated rings. The van der Waals surface area contributed by atoms with Crippen molar-refractivity contribution in [3.05, 3.63) is 24.3 Å². The SMILES string of the molecule is CC(CN)(NC(=O)COc1ccc(N2CCCC2=O)cc1)C1CC1.Cl. The van der Waals surface area contributed by atoms with Gasteiger partial charge in [0.1, 0.15) is 5.75 Å². The molecule has 2 amide bonds. The molecule has 3 rings (SSSR count). The van der Waals surface area contributed by atoms with Crippen molar-refractivity contribution >= 4 is 29.9 Å². The van der Waals surface area contributed by atoms with Gasteiger partial charge in [0.05, 0.1) is 5.54 Å². The topological polar surface area (TPSA) is 84.7 Å². The molecule has 1 atom stereocenters. The molecule has 3 N–H and O–H groups in total. The second kappa shape index (κ2) is 8.06. The van der Waals surface area contributed by atoms with E-state index in [-0.39, 0.29) is 36.4 Å². The van der Waals surface area contributed by atoms with E-state index in [9.17, 15) is 9.59 Å². The van der Waals surface area contributed by atoms with Gasteiger partial charge in [0.25, 0.3) is 5.91 Å². The Kier molecular flexibility index (Phi) is 6.30. The number of nitrogens with one attached hydrogen (secondary N) is 1. The normalized spacial score (nSPS) is 19.1. The van der Waals surface area contributed by atoms with Crippen molar-refractivity contribution in [3.8, 4) is 5.75 Å². The summed E-state index contributed by atoms with van der Waals surface area (Å²) in [6.45, 7) is 3.15. The van der Waals surface area contributed by atoms with Crippen molar-refractivity contribution in [2.75, 3.05) is 24.6 Å².